The summed E-state index contributed by atoms with van der Waals surface area (Å²) in [6.45, 7) is 1.73. The van der Waals surface area contributed by atoms with Crippen molar-refractivity contribution < 1.29 is 4.74 Å². The van der Waals surface area contributed by atoms with E-state index in [1.54, 1.807) is 0 Å². The topological polar surface area (TPSA) is 59.0 Å². The van der Waals surface area contributed by atoms with E-state index in [2.05, 4.69) is 6.07 Å². The van der Waals surface area contributed by atoms with Crippen LogP contribution in [-0.2, 0) is 10.3 Å². The number of nitrogens with two attached hydrogens (primary N) is 1. The molecule has 0 spiro atoms. The van der Waals surface area contributed by atoms with Gasteiger partial charge in [0.15, 0.2) is 0 Å². The van der Waals surface area contributed by atoms with Gasteiger partial charge in [0.05, 0.1) is 6.07 Å². The molecular weight excluding hydrogens is 256 g/mol. The molecule has 1 fully saturated rings. The second kappa shape index (κ2) is 6.95. The molecule has 0 saturated carbocycles. The Balaban J connectivity index is 1.87. The molecule has 1 saturated heterocycles. The first-order valence-electron chi connectivity index (χ1n) is 6.69. The van der Waals surface area contributed by atoms with E-state index in [0.717, 1.165) is 37.4 Å². The van der Waals surface area contributed by atoms with Gasteiger partial charge in [-0.15, -0.1) is 0 Å². The van der Waals surface area contributed by atoms with Crippen LogP contribution in [0.1, 0.15) is 24.8 Å². The van der Waals surface area contributed by atoms with Crippen molar-refractivity contribution in [2.45, 2.75) is 30.1 Å². The number of ether oxygens (including phenoxy) is 1. The van der Waals surface area contributed by atoms with Gasteiger partial charge in [0.1, 0.15) is 5.54 Å². The molecule has 3 nitrogen and oxygen atoms in total. The number of hydrogen-bond acceptors (Lipinski definition) is 4. The van der Waals surface area contributed by atoms with E-state index < -0.39 is 5.54 Å². The van der Waals surface area contributed by atoms with E-state index in [1.165, 1.54) is 0 Å². The maximum absolute atomic E-state index is 9.37. The summed E-state index contributed by atoms with van der Waals surface area (Å²) in [5, 5.41) is 10.0. The van der Waals surface area contributed by atoms with Crippen molar-refractivity contribution in [3.63, 3.8) is 0 Å². The van der Waals surface area contributed by atoms with Crippen molar-refractivity contribution in [2.24, 2.45) is 5.73 Å². The van der Waals surface area contributed by atoms with Gasteiger partial charge in [-0.05, 0) is 30.6 Å². The number of nitrogens with zero attached hydrogens (tertiary/aromatic N) is 1. The molecule has 0 aromatic heterocycles. The average Bonchev–Trinajstić information content (AvgIpc) is 2.49. The second-order valence-corrected chi connectivity index (χ2v) is 6.29. The van der Waals surface area contributed by atoms with Crippen LogP contribution in [0.5, 0.6) is 0 Å². The summed E-state index contributed by atoms with van der Waals surface area (Å²) < 4.78 is 5.35. The number of thioether (sulfide) groups is 1. The maximum Gasteiger partial charge on any atom is 0.130 e. The van der Waals surface area contributed by atoms with Crippen LogP contribution < -0.4 is 5.73 Å². The van der Waals surface area contributed by atoms with Crippen LogP contribution in [0.25, 0.3) is 0 Å². The summed E-state index contributed by atoms with van der Waals surface area (Å²) >= 11 is 1.92. The molecule has 1 aromatic rings. The van der Waals surface area contributed by atoms with E-state index in [9.17, 15) is 5.26 Å². The first-order chi connectivity index (χ1) is 9.24. The first kappa shape index (κ1) is 14.4. The van der Waals surface area contributed by atoms with E-state index in [4.69, 9.17) is 10.5 Å². The summed E-state index contributed by atoms with van der Waals surface area (Å²) in [4.78, 5) is 0. The van der Waals surface area contributed by atoms with Gasteiger partial charge in [-0.25, -0.2) is 0 Å². The van der Waals surface area contributed by atoms with Crippen LogP contribution in [-0.4, -0.2) is 24.2 Å². The standard InChI is InChI=1S/C15H20N2OS/c16-12-15(17,13-4-2-1-3-5-13)8-11-19-14-6-9-18-10-7-14/h1-5,14H,6-11,17H2. The molecule has 0 radical (unpaired) electrons. The summed E-state index contributed by atoms with van der Waals surface area (Å²) in [6, 6.07) is 11.9. The highest BCUT2D eigenvalue weighted by Gasteiger charge is 2.27. The fourth-order valence-corrected chi connectivity index (χ4v) is 3.53. The van der Waals surface area contributed by atoms with Crippen LogP contribution >= 0.6 is 11.8 Å². The van der Waals surface area contributed by atoms with E-state index in [0.29, 0.717) is 11.7 Å². The van der Waals surface area contributed by atoms with Gasteiger partial charge in [0, 0.05) is 18.5 Å². The summed E-state index contributed by atoms with van der Waals surface area (Å²) in [5.41, 5.74) is 6.28. The number of benzene rings is 1. The Morgan fingerprint density at radius 2 is 2.00 bits per heavy atom. The summed E-state index contributed by atoms with van der Waals surface area (Å²) in [6.07, 6.45) is 2.91. The number of hydrogen-bond donors (Lipinski definition) is 1. The second-order valence-electron chi connectivity index (χ2n) is 4.88. The zero-order chi connectivity index (χ0) is 13.6. The molecule has 0 amide bonds. The molecule has 1 atom stereocenters. The molecule has 1 aliphatic heterocycles. The first-order valence-corrected chi connectivity index (χ1v) is 7.74. The van der Waals surface area contributed by atoms with Crippen LogP contribution in [0.15, 0.2) is 30.3 Å². The Kier molecular flexibility index (Phi) is 5.26. The Labute approximate surface area is 119 Å². The molecule has 2 rings (SSSR count). The van der Waals surface area contributed by atoms with Crippen molar-refractivity contribution >= 4 is 11.8 Å². The molecule has 19 heavy (non-hydrogen) atoms. The Morgan fingerprint density at radius 3 is 2.63 bits per heavy atom. The third-order valence-electron chi connectivity index (χ3n) is 3.51. The highest BCUT2D eigenvalue weighted by atomic mass is 32.2. The molecular formula is C15H20N2OS. The molecule has 1 unspecified atom stereocenters. The molecule has 1 aromatic carbocycles. The predicted molar refractivity (Wildman–Crippen MR) is 78.8 cm³/mol. The lowest BCUT2D eigenvalue weighted by Gasteiger charge is -2.25. The smallest absolute Gasteiger partial charge is 0.130 e. The fourth-order valence-electron chi connectivity index (χ4n) is 2.23. The van der Waals surface area contributed by atoms with E-state index in [1.807, 2.05) is 42.1 Å². The molecule has 0 aliphatic carbocycles. The SMILES string of the molecule is N#CC(N)(CCSC1CCOCC1)c1ccccc1. The largest absolute Gasteiger partial charge is 0.381 e. The monoisotopic (exact) mass is 276 g/mol. The quantitative estimate of drug-likeness (QED) is 0.898. The minimum atomic E-state index is -0.862. The predicted octanol–water partition coefficient (Wildman–Crippen LogP) is 2.67. The Morgan fingerprint density at radius 1 is 1.32 bits per heavy atom. The van der Waals surface area contributed by atoms with Crippen molar-refractivity contribution in [3.8, 4) is 6.07 Å². The van der Waals surface area contributed by atoms with E-state index >= 15 is 0 Å². The third kappa shape index (κ3) is 3.97. The lowest BCUT2D eigenvalue weighted by Crippen LogP contribution is -2.35. The van der Waals surface area contributed by atoms with Crippen molar-refractivity contribution in [3.05, 3.63) is 35.9 Å². The zero-order valence-corrected chi connectivity index (χ0v) is 11.9. The molecule has 1 heterocycles. The van der Waals surface area contributed by atoms with Crippen LogP contribution in [0.3, 0.4) is 0 Å². The normalized spacial score (nSPS) is 19.6. The molecule has 0 bridgehead atoms. The lowest BCUT2D eigenvalue weighted by molar-refractivity contribution is 0.1000. The molecule has 102 valence electrons. The van der Waals surface area contributed by atoms with Crippen LogP contribution in [0.2, 0.25) is 0 Å². The third-order valence-corrected chi connectivity index (χ3v) is 4.89. The molecule has 2 N–H and O–H groups in total. The van der Waals surface area contributed by atoms with Crippen LogP contribution in [0, 0.1) is 11.3 Å². The average molecular weight is 276 g/mol. The number of rotatable bonds is 5. The zero-order valence-electron chi connectivity index (χ0n) is 11.0. The van der Waals surface area contributed by atoms with Crippen molar-refractivity contribution in [1.29, 1.82) is 5.26 Å². The van der Waals surface area contributed by atoms with Crippen molar-refractivity contribution in [2.75, 3.05) is 19.0 Å². The Bertz CT molecular complexity index is 426. The van der Waals surface area contributed by atoms with Crippen molar-refractivity contribution in [1.82, 2.24) is 0 Å². The van der Waals surface area contributed by atoms with Gasteiger partial charge in [-0.3, -0.25) is 0 Å². The number of nitriles is 1. The Hall–Kier alpha value is -1.02. The maximum atomic E-state index is 9.37. The van der Waals surface area contributed by atoms with Gasteiger partial charge in [-0.1, -0.05) is 30.3 Å². The minimum Gasteiger partial charge on any atom is -0.381 e. The lowest BCUT2D eigenvalue weighted by atomic mass is 9.90. The van der Waals surface area contributed by atoms with E-state index in [-0.39, 0.29) is 0 Å². The highest BCUT2D eigenvalue weighted by molar-refractivity contribution is 7.99. The fraction of sp³-hybridized carbons (Fsp3) is 0.533. The van der Waals surface area contributed by atoms with Gasteiger partial charge in [0.2, 0.25) is 0 Å². The van der Waals surface area contributed by atoms with Crippen LogP contribution in [0.4, 0.5) is 0 Å². The van der Waals surface area contributed by atoms with Gasteiger partial charge in [-0.2, -0.15) is 17.0 Å². The highest BCUT2D eigenvalue weighted by Crippen LogP contribution is 2.27. The molecule has 1 aliphatic rings. The summed E-state index contributed by atoms with van der Waals surface area (Å²) in [7, 11) is 0. The van der Waals surface area contributed by atoms with Gasteiger partial charge < -0.3 is 10.5 Å². The molecule has 4 heteroatoms. The van der Waals surface area contributed by atoms with Gasteiger partial charge in [0.25, 0.3) is 0 Å². The summed E-state index contributed by atoms with van der Waals surface area (Å²) in [5.74, 6) is 0.920. The minimum absolute atomic E-state index is 0.660. The van der Waals surface area contributed by atoms with Gasteiger partial charge >= 0.3 is 0 Å².